The van der Waals surface area contributed by atoms with Crippen LogP contribution in [0.4, 0.5) is 5.69 Å². The Labute approximate surface area is 129 Å². The van der Waals surface area contributed by atoms with E-state index in [9.17, 15) is 0 Å². The quantitative estimate of drug-likeness (QED) is 0.721. The number of anilines is 1. The average molecular weight is 281 g/mol. The lowest BCUT2D eigenvalue weighted by Crippen LogP contribution is -2.40. The van der Waals surface area contributed by atoms with Gasteiger partial charge in [0.05, 0.1) is 0 Å². The molecule has 0 saturated carbocycles. The predicted octanol–water partition coefficient (Wildman–Crippen LogP) is 5.19. The second-order valence-corrected chi connectivity index (χ2v) is 6.86. The van der Waals surface area contributed by atoms with Crippen molar-refractivity contribution in [2.45, 2.75) is 58.9 Å². The van der Waals surface area contributed by atoms with E-state index >= 15 is 0 Å². The standard InChI is InChI=1S/C20H27N/c1-14(2)19-10-9-18(13-16(19)4)21-11-5-6-17-8-7-15(3)12-20(17)21/h7-8,12,18H,1,5-6,9-11,13H2,2-4H3/t18-/m1/s1. The van der Waals surface area contributed by atoms with Crippen LogP contribution in [0.15, 0.2) is 41.5 Å². The zero-order chi connectivity index (χ0) is 15.0. The number of rotatable bonds is 2. The Kier molecular flexibility index (Phi) is 3.93. The third kappa shape index (κ3) is 2.79. The summed E-state index contributed by atoms with van der Waals surface area (Å²) in [6, 6.07) is 7.66. The van der Waals surface area contributed by atoms with Gasteiger partial charge in [-0.15, -0.1) is 0 Å². The van der Waals surface area contributed by atoms with Crippen LogP contribution in [0.5, 0.6) is 0 Å². The van der Waals surface area contributed by atoms with Crippen LogP contribution in [-0.4, -0.2) is 12.6 Å². The molecule has 1 nitrogen and oxygen atoms in total. The van der Waals surface area contributed by atoms with Crippen LogP contribution in [0, 0.1) is 6.92 Å². The third-order valence-electron chi connectivity index (χ3n) is 5.14. The molecule has 1 atom stereocenters. The van der Waals surface area contributed by atoms with Crippen molar-refractivity contribution < 1.29 is 0 Å². The summed E-state index contributed by atoms with van der Waals surface area (Å²) in [6.07, 6.45) is 6.21. The highest BCUT2D eigenvalue weighted by Gasteiger charge is 2.27. The van der Waals surface area contributed by atoms with E-state index in [1.807, 2.05) is 0 Å². The zero-order valence-corrected chi connectivity index (χ0v) is 13.7. The van der Waals surface area contributed by atoms with Gasteiger partial charge in [-0.25, -0.2) is 0 Å². The number of hydrogen-bond donors (Lipinski definition) is 0. The Hall–Kier alpha value is -1.50. The highest BCUT2D eigenvalue weighted by Crippen LogP contribution is 2.37. The second kappa shape index (κ2) is 5.71. The normalized spacial score (nSPS) is 22.2. The van der Waals surface area contributed by atoms with Gasteiger partial charge in [-0.1, -0.05) is 29.9 Å². The highest BCUT2D eigenvalue weighted by molar-refractivity contribution is 5.58. The van der Waals surface area contributed by atoms with E-state index in [1.54, 1.807) is 11.1 Å². The van der Waals surface area contributed by atoms with Gasteiger partial charge in [0.1, 0.15) is 0 Å². The molecule has 0 saturated heterocycles. The molecule has 0 aromatic heterocycles. The van der Waals surface area contributed by atoms with Gasteiger partial charge in [-0.2, -0.15) is 0 Å². The molecule has 0 fully saturated rings. The fourth-order valence-corrected chi connectivity index (χ4v) is 4.04. The van der Waals surface area contributed by atoms with Crippen LogP contribution in [0.25, 0.3) is 0 Å². The minimum atomic E-state index is 0.675. The number of nitrogens with zero attached hydrogens (tertiary/aromatic N) is 1. The third-order valence-corrected chi connectivity index (χ3v) is 5.14. The lowest BCUT2D eigenvalue weighted by atomic mass is 9.84. The van der Waals surface area contributed by atoms with Gasteiger partial charge in [0, 0.05) is 18.3 Å². The molecule has 0 radical (unpaired) electrons. The Balaban J connectivity index is 1.87. The molecule has 1 heteroatoms. The lowest BCUT2D eigenvalue weighted by Gasteiger charge is -2.41. The molecule has 21 heavy (non-hydrogen) atoms. The Morgan fingerprint density at radius 3 is 2.76 bits per heavy atom. The largest absolute Gasteiger partial charge is 0.368 e. The van der Waals surface area contributed by atoms with Gasteiger partial charge in [0.25, 0.3) is 0 Å². The lowest BCUT2D eigenvalue weighted by molar-refractivity contribution is 0.501. The first kappa shape index (κ1) is 14.4. The van der Waals surface area contributed by atoms with E-state index in [2.05, 4.69) is 50.4 Å². The Bertz CT molecular complexity index is 594. The second-order valence-electron chi connectivity index (χ2n) is 6.86. The minimum Gasteiger partial charge on any atom is -0.368 e. The molecule has 1 aliphatic carbocycles. The highest BCUT2D eigenvalue weighted by atomic mass is 15.2. The molecule has 1 heterocycles. The SMILES string of the molecule is C=C(C)C1=C(C)C[C@H](N2CCCc3ccc(C)cc32)CC1. The maximum Gasteiger partial charge on any atom is 0.0404 e. The molecule has 0 N–H and O–H groups in total. The van der Waals surface area contributed by atoms with E-state index in [-0.39, 0.29) is 0 Å². The number of benzene rings is 1. The molecule has 2 aliphatic rings. The molecule has 0 unspecified atom stereocenters. The first-order valence-corrected chi connectivity index (χ1v) is 8.27. The first-order valence-electron chi connectivity index (χ1n) is 8.27. The smallest absolute Gasteiger partial charge is 0.0404 e. The maximum atomic E-state index is 4.14. The summed E-state index contributed by atoms with van der Waals surface area (Å²) >= 11 is 0. The van der Waals surface area contributed by atoms with E-state index < -0.39 is 0 Å². The van der Waals surface area contributed by atoms with Crippen LogP contribution >= 0.6 is 0 Å². The van der Waals surface area contributed by atoms with Crippen LogP contribution < -0.4 is 4.90 Å². The van der Waals surface area contributed by atoms with E-state index in [0.717, 1.165) is 0 Å². The fourth-order valence-electron chi connectivity index (χ4n) is 4.04. The molecular formula is C20H27N. The molecule has 1 aliphatic heterocycles. The van der Waals surface area contributed by atoms with Gasteiger partial charge in [0.2, 0.25) is 0 Å². The number of hydrogen-bond acceptors (Lipinski definition) is 1. The van der Waals surface area contributed by atoms with Crippen molar-refractivity contribution in [3.8, 4) is 0 Å². The number of fused-ring (bicyclic) bond motifs is 1. The van der Waals surface area contributed by atoms with Crippen LogP contribution in [-0.2, 0) is 6.42 Å². The van der Waals surface area contributed by atoms with Gasteiger partial charge in [0.15, 0.2) is 0 Å². The summed E-state index contributed by atoms with van der Waals surface area (Å²) in [6.45, 7) is 12.0. The maximum absolute atomic E-state index is 4.14. The minimum absolute atomic E-state index is 0.675. The zero-order valence-electron chi connectivity index (χ0n) is 13.7. The van der Waals surface area contributed by atoms with Crippen molar-refractivity contribution in [3.05, 3.63) is 52.6 Å². The van der Waals surface area contributed by atoms with Gasteiger partial charge < -0.3 is 4.90 Å². The summed E-state index contributed by atoms with van der Waals surface area (Å²) in [7, 11) is 0. The molecule has 1 aromatic carbocycles. The van der Waals surface area contributed by atoms with Crippen LogP contribution in [0.2, 0.25) is 0 Å². The van der Waals surface area contributed by atoms with Gasteiger partial charge in [-0.05, 0) is 75.6 Å². The molecule has 3 rings (SSSR count). The van der Waals surface area contributed by atoms with Crippen molar-refractivity contribution in [2.75, 3.05) is 11.4 Å². The van der Waals surface area contributed by atoms with Crippen molar-refractivity contribution in [2.24, 2.45) is 0 Å². The monoisotopic (exact) mass is 281 g/mol. The molecule has 0 bridgehead atoms. The summed E-state index contributed by atoms with van der Waals surface area (Å²) in [4.78, 5) is 2.69. The van der Waals surface area contributed by atoms with E-state index in [1.165, 1.54) is 61.0 Å². The average Bonchev–Trinajstić information content (AvgIpc) is 2.46. The fraction of sp³-hybridized carbons (Fsp3) is 0.500. The van der Waals surface area contributed by atoms with Crippen molar-refractivity contribution >= 4 is 5.69 Å². The van der Waals surface area contributed by atoms with E-state index in [0.29, 0.717) is 6.04 Å². The Morgan fingerprint density at radius 1 is 1.24 bits per heavy atom. The topological polar surface area (TPSA) is 3.24 Å². The van der Waals surface area contributed by atoms with Crippen molar-refractivity contribution in [3.63, 3.8) is 0 Å². The number of aryl methyl sites for hydroxylation is 2. The first-order chi connectivity index (χ1) is 10.1. The molecule has 1 aromatic rings. The predicted molar refractivity (Wildman–Crippen MR) is 92.0 cm³/mol. The molecule has 0 spiro atoms. The molecular weight excluding hydrogens is 254 g/mol. The number of allylic oxidation sites excluding steroid dienone is 2. The van der Waals surface area contributed by atoms with Crippen LogP contribution in [0.3, 0.4) is 0 Å². The summed E-state index contributed by atoms with van der Waals surface area (Å²) in [5.74, 6) is 0. The van der Waals surface area contributed by atoms with Crippen molar-refractivity contribution in [1.82, 2.24) is 0 Å². The molecule has 112 valence electrons. The van der Waals surface area contributed by atoms with E-state index in [4.69, 9.17) is 0 Å². The van der Waals surface area contributed by atoms with Gasteiger partial charge >= 0.3 is 0 Å². The summed E-state index contributed by atoms with van der Waals surface area (Å²) in [5.41, 5.74) is 8.76. The van der Waals surface area contributed by atoms with Gasteiger partial charge in [-0.3, -0.25) is 0 Å². The summed E-state index contributed by atoms with van der Waals surface area (Å²) in [5, 5.41) is 0. The summed E-state index contributed by atoms with van der Waals surface area (Å²) < 4.78 is 0. The van der Waals surface area contributed by atoms with Crippen molar-refractivity contribution in [1.29, 1.82) is 0 Å². The Morgan fingerprint density at radius 2 is 2.05 bits per heavy atom. The van der Waals surface area contributed by atoms with Crippen LogP contribution in [0.1, 0.15) is 50.7 Å². The molecule has 0 amide bonds.